The molecule has 0 unspecified atom stereocenters. The number of nitrogens with zero attached hydrogens (tertiary/aromatic N) is 2. The zero-order valence-electron chi connectivity index (χ0n) is 14.5. The Balaban J connectivity index is 1.75. The highest BCUT2D eigenvalue weighted by atomic mass is 32.2. The first-order chi connectivity index (χ1) is 12.1. The number of benzene rings is 1. The molecule has 1 aromatic carbocycles. The molecule has 2 amide bonds. The highest BCUT2D eigenvalue weighted by Crippen LogP contribution is 2.34. The molecular weight excluding hydrogens is 340 g/mol. The highest BCUT2D eigenvalue weighted by Gasteiger charge is 2.36. The third-order valence-electron chi connectivity index (χ3n) is 4.37. The second-order valence-electron chi connectivity index (χ2n) is 6.04. The van der Waals surface area contributed by atoms with E-state index in [9.17, 15) is 9.59 Å². The molecule has 0 N–H and O–H groups in total. The maximum atomic E-state index is 12.6. The van der Waals surface area contributed by atoms with E-state index in [1.54, 1.807) is 32.4 Å². The highest BCUT2D eigenvalue weighted by molar-refractivity contribution is 8.18. The first kappa shape index (κ1) is 17.8. The van der Waals surface area contributed by atoms with Crippen LogP contribution in [0.4, 0.5) is 4.79 Å². The number of piperidine rings is 1. The molecule has 1 aromatic rings. The number of carbonyl (C=O) groups excluding carboxylic acids is 2. The smallest absolute Gasteiger partial charge is 0.294 e. The molecule has 2 aliphatic heterocycles. The van der Waals surface area contributed by atoms with E-state index in [2.05, 4.69) is 4.90 Å². The van der Waals surface area contributed by atoms with Crippen LogP contribution >= 0.6 is 11.8 Å². The van der Waals surface area contributed by atoms with Crippen LogP contribution < -0.4 is 9.47 Å². The molecule has 0 atom stereocenters. The molecular formula is C18H22N2O4S. The molecule has 0 saturated carbocycles. The van der Waals surface area contributed by atoms with Gasteiger partial charge in [0.05, 0.1) is 25.8 Å². The van der Waals surface area contributed by atoms with Crippen LogP contribution in [-0.2, 0) is 4.79 Å². The third-order valence-corrected chi connectivity index (χ3v) is 5.28. The fourth-order valence-electron chi connectivity index (χ4n) is 3.02. The van der Waals surface area contributed by atoms with Gasteiger partial charge < -0.3 is 9.47 Å². The number of hydrogen-bond donors (Lipinski definition) is 0. The molecule has 3 rings (SSSR count). The minimum Gasteiger partial charge on any atom is -0.493 e. The van der Waals surface area contributed by atoms with Crippen molar-refractivity contribution < 1.29 is 19.1 Å². The number of carbonyl (C=O) groups is 2. The number of imide groups is 1. The van der Waals surface area contributed by atoms with Gasteiger partial charge in [0.1, 0.15) is 0 Å². The molecule has 2 heterocycles. The normalized spacial score (nSPS) is 20.4. The lowest BCUT2D eigenvalue weighted by Gasteiger charge is -2.29. The van der Waals surface area contributed by atoms with Crippen LogP contribution in [0, 0.1) is 0 Å². The van der Waals surface area contributed by atoms with Gasteiger partial charge in [-0.3, -0.25) is 19.4 Å². The molecule has 2 aliphatic rings. The van der Waals surface area contributed by atoms with E-state index in [0.29, 0.717) is 23.1 Å². The van der Waals surface area contributed by atoms with Crippen molar-refractivity contribution in [2.45, 2.75) is 19.3 Å². The SMILES string of the molecule is COc1ccc(/C=C2/SC(=O)N(CN3CCCCC3)C2=O)cc1OC. The fraction of sp³-hybridized carbons (Fsp3) is 0.444. The summed E-state index contributed by atoms with van der Waals surface area (Å²) in [5.74, 6) is 0.983. The van der Waals surface area contributed by atoms with Crippen molar-refractivity contribution in [2.75, 3.05) is 34.0 Å². The van der Waals surface area contributed by atoms with Crippen molar-refractivity contribution >= 4 is 29.0 Å². The zero-order chi connectivity index (χ0) is 17.8. The van der Waals surface area contributed by atoms with E-state index < -0.39 is 0 Å². The van der Waals surface area contributed by atoms with Crippen LogP contribution in [0.15, 0.2) is 23.1 Å². The number of thioether (sulfide) groups is 1. The second-order valence-corrected chi connectivity index (χ2v) is 7.04. The van der Waals surface area contributed by atoms with Gasteiger partial charge in [-0.1, -0.05) is 12.5 Å². The van der Waals surface area contributed by atoms with Gasteiger partial charge in [-0.05, 0) is 61.5 Å². The van der Waals surface area contributed by atoms with E-state index in [0.717, 1.165) is 43.3 Å². The summed E-state index contributed by atoms with van der Waals surface area (Å²) in [4.78, 5) is 28.8. The Morgan fingerprint density at radius 3 is 2.48 bits per heavy atom. The summed E-state index contributed by atoms with van der Waals surface area (Å²) < 4.78 is 10.5. The molecule has 2 saturated heterocycles. The molecule has 0 spiro atoms. The first-order valence-corrected chi connectivity index (χ1v) is 9.14. The van der Waals surface area contributed by atoms with Gasteiger partial charge in [0.25, 0.3) is 11.1 Å². The van der Waals surface area contributed by atoms with Gasteiger partial charge in [0.15, 0.2) is 11.5 Å². The fourth-order valence-corrected chi connectivity index (χ4v) is 3.85. The van der Waals surface area contributed by atoms with Crippen LogP contribution in [0.3, 0.4) is 0 Å². The van der Waals surface area contributed by atoms with Gasteiger partial charge >= 0.3 is 0 Å². The zero-order valence-corrected chi connectivity index (χ0v) is 15.3. The van der Waals surface area contributed by atoms with Crippen molar-refractivity contribution in [1.82, 2.24) is 9.80 Å². The van der Waals surface area contributed by atoms with E-state index >= 15 is 0 Å². The second kappa shape index (κ2) is 7.93. The molecule has 0 radical (unpaired) electrons. The average molecular weight is 362 g/mol. The summed E-state index contributed by atoms with van der Waals surface area (Å²) in [7, 11) is 3.14. The molecule has 0 bridgehead atoms. The predicted octanol–water partition coefficient (Wildman–Crippen LogP) is 3.18. The van der Waals surface area contributed by atoms with Crippen molar-refractivity contribution in [1.29, 1.82) is 0 Å². The minimum absolute atomic E-state index is 0.206. The molecule has 134 valence electrons. The predicted molar refractivity (Wildman–Crippen MR) is 97.6 cm³/mol. The molecule has 2 fully saturated rings. The Morgan fingerprint density at radius 1 is 1.08 bits per heavy atom. The maximum absolute atomic E-state index is 12.6. The number of rotatable bonds is 5. The number of ether oxygens (including phenoxy) is 2. The van der Waals surface area contributed by atoms with Crippen LogP contribution in [0.2, 0.25) is 0 Å². The van der Waals surface area contributed by atoms with E-state index in [1.165, 1.54) is 11.3 Å². The van der Waals surface area contributed by atoms with E-state index in [4.69, 9.17) is 9.47 Å². The number of methoxy groups -OCH3 is 2. The summed E-state index contributed by atoms with van der Waals surface area (Å²) in [6, 6.07) is 5.40. The van der Waals surface area contributed by atoms with Crippen molar-refractivity contribution in [3.05, 3.63) is 28.7 Å². The monoisotopic (exact) mass is 362 g/mol. The van der Waals surface area contributed by atoms with Gasteiger partial charge in [0.2, 0.25) is 0 Å². The molecule has 0 aromatic heterocycles. The Hall–Kier alpha value is -1.99. The Kier molecular flexibility index (Phi) is 5.65. The standard InChI is InChI=1S/C18H22N2O4S/c1-23-14-7-6-13(10-15(14)24-2)11-16-17(21)20(18(22)25-16)12-19-8-4-3-5-9-19/h6-7,10-11H,3-5,8-9,12H2,1-2H3/b16-11+. The Bertz CT molecular complexity index is 698. The average Bonchev–Trinajstić information content (AvgIpc) is 2.90. The largest absolute Gasteiger partial charge is 0.493 e. The summed E-state index contributed by atoms with van der Waals surface area (Å²) in [5, 5.41) is -0.206. The maximum Gasteiger partial charge on any atom is 0.294 e. The molecule has 6 nitrogen and oxygen atoms in total. The van der Waals surface area contributed by atoms with Gasteiger partial charge in [-0.15, -0.1) is 0 Å². The van der Waals surface area contributed by atoms with E-state index in [-0.39, 0.29) is 11.1 Å². The Morgan fingerprint density at radius 2 is 1.80 bits per heavy atom. The van der Waals surface area contributed by atoms with Crippen molar-refractivity contribution in [3.63, 3.8) is 0 Å². The van der Waals surface area contributed by atoms with Gasteiger partial charge in [-0.2, -0.15) is 0 Å². The van der Waals surface area contributed by atoms with Crippen molar-refractivity contribution in [3.8, 4) is 11.5 Å². The summed E-state index contributed by atoms with van der Waals surface area (Å²) in [6.07, 6.45) is 5.19. The number of hydrogen-bond acceptors (Lipinski definition) is 6. The number of amides is 2. The van der Waals surface area contributed by atoms with Crippen molar-refractivity contribution in [2.24, 2.45) is 0 Å². The third kappa shape index (κ3) is 3.99. The van der Waals surface area contributed by atoms with E-state index in [1.807, 2.05) is 6.07 Å². The summed E-state index contributed by atoms with van der Waals surface area (Å²) in [6.45, 7) is 2.26. The molecule has 0 aliphatic carbocycles. The lowest BCUT2D eigenvalue weighted by atomic mass is 10.1. The van der Waals surface area contributed by atoms with Crippen LogP contribution in [0.25, 0.3) is 6.08 Å². The van der Waals surface area contributed by atoms with Crippen LogP contribution in [-0.4, -0.2) is 54.9 Å². The lowest BCUT2D eigenvalue weighted by Crippen LogP contribution is -2.42. The summed E-state index contributed by atoms with van der Waals surface area (Å²) in [5.41, 5.74) is 0.793. The quantitative estimate of drug-likeness (QED) is 0.750. The lowest BCUT2D eigenvalue weighted by molar-refractivity contribution is -0.124. The van der Waals surface area contributed by atoms with Gasteiger partial charge in [-0.25, -0.2) is 0 Å². The first-order valence-electron chi connectivity index (χ1n) is 8.32. The topological polar surface area (TPSA) is 59.1 Å². The summed E-state index contributed by atoms with van der Waals surface area (Å²) >= 11 is 0.988. The van der Waals surface area contributed by atoms with Crippen LogP contribution in [0.5, 0.6) is 11.5 Å². The molecule has 25 heavy (non-hydrogen) atoms. The number of likely N-dealkylation sites (tertiary alicyclic amines) is 1. The molecule has 7 heteroatoms. The Labute approximate surface area is 151 Å². The van der Waals surface area contributed by atoms with Gasteiger partial charge in [0, 0.05) is 0 Å². The van der Waals surface area contributed by atoms with Crippen LogP contribution in [0.1, 0.15) is 24.8 Å². The minimum atomic E-state index is -0.227.